The van der Waals surface area contributed by atoms with Gasteiger partial charge in [0.05, 0.1) is 6.07 Å². The molecule has 0 spiro atoms. The summed E-state index contributed by atoms with van der Waals surface area (Å²) in [6.07, 6.45) is 3.18. The van der Waals surface area contributed by atoms with Crippen LogP contribution >= 0.6 is 0 Å². The van der Waals surface area contributed by atoms with Crippen molar-refractivity contribution in [2.24, 2.45) is 5.73 Å². The van der Waals surface area contributed by atoms with Crippen molar-refractivity contribution in [1.29, 1.82) is 5.26 Å². The number of nitrogens with two attached hydrogens (primary N) is 1. The van der Waals surface area contributed by atoms with E-state index in [1.54, 1.807) is 0 Å². The summed E-state index contributed by atoms with van der Waals surface area (Å²) in [4.78, 5) is 2.35. The molecule has 3 nitrogen and oxygen atoms in total. The van der Waals surface area contributed by atoms with E-state index in [9.17, 15) is 0 Å². The lowest BCUT2D eigenvalue weighted by Gasteiger charge is -2.23. The van der Waals surface area contributed by atoms with Gasteiger partial charge in [-0.1, -0.05) is 0 Å². The Morgan fingerprint density at radius 3 is 3.09 bits per heavy atom. The van der Waals surface area contributed by atoms with E-state index in [0.29, 0.717) is 6.04 Å². The lowest BCUT2D eigenvalue weighted by Crippen LogP contribution is -2.47. The average Bonchev–Trinajstić information content (AvgIpc) is 2.55. The van der Waals surface area contributed by atoms with Crippen molar-refractivity contribution in [3.8, 4) is 6.07 Å². The van der Waals surface area contributed by atoms with E-state index >= 15 is 0 Å². The molecule has 60 valence electrons. The Labute approximate surface area is 66.8 Å². The number of nitrogens with zero attached hydrogens (tertiary/aromatic N) is 2. The second-order valence-corrected chi connectivity index (χ2v) is 3.60. The fraction of sp³-hybridized carbons (Fsp3) is 0.875. The highest BCUT2D eigenvalue weighted by atomic mass is 15.2. The molecule has 0 aromatic rings. The van der Waals surface area contributed by atoms with Crippen LogP contribution in [0.25, 0.3) is 0 Å². The minimum Gasteiger partial charge on any atom is -0.312 e. The van der Waals surface area contributed by atoms with Crippen LogP contribution in [-0.2, 0) is 0 Å². The maximum absolute atomic E-state index is 8.87. The van der Waals surface area contributed by atoms with Crippen molar-refractivity contribution in [2.75, 3.05) is 13.1 Å². The lowest BCUT2D eigenvalue weighted by atomic mass is 9.92. The van der Waals surface area contributed by atoms with Crippen LogP contribution in [0, 0.1) is 11.3 Å². The highest BCUT2D eigenvalue weighted by Gasteiger charge is 2.46. The lowest BCUT2D eigenvalue weighted by molar-refractivity contribution is 0.294. The largest absolute Gasteiger partial charge is 0.312 e. The second kappa shape index (κ2) is 2.20. The SMILES string of the molecule is N#CC1(N)CCN2CCCC21. The van der Waals surface area contributed by atoms with E-state index in [4.69, 9.17) is 11.0 Å². The minimum absolute atomic E-state index is 0.354. The monoisotopic (exact) mass is 151 g/mol. The normalized spacial score (nSPS) is 43.8. The third-order valence-electron chi connectivity index (χ3n) is 2.98. The molecule has 0 aliphatic carbocycles. The van der Waals surface area contributed by atoms with Gasteiger partial charge in [-0.15, -0.1) is 0 Å². The molecule has 0 aromatic carbocycles. The van der Waals surface area contributed by atoms with Gasteiger partial charge in [0.15, 0.2) is 0 Å². The standard InChI is InChI=1S/C8H13N3/c9-6-8(10)3-5-11-4-1-2-7(8)11/h7H,1-5,10H2. The third kappa shape index (κ3) is 0.867. The van der Waals surface area contributed by atoms with Crippen LogP contribution in [0.5, 0.6) is 0 Å². The summed E-state index contributed by atoms with van der Waals surface area (Å²) in [6.45, 7) is 2.17. The van der Waals surface area contributed by atoms with Gasteiger partial charge in [-0.25, -0.2) is 0 Å². The molecule has 11 heavy (non-hydrogen) atoms. The summed E-state index contributed by atoms with van der Waals surface area (Å²) >= 11 is 0. The maximum Gasteiger partial charge on any atom is 0.121 e. The Morgan fingerprint density at radius 2 is 2.36 bits per heavy atom. The van der Waals surface area contributed by atoms with Crippen molar-refractivity contribution in [3.63, 3.8) is 0 Å². The van der Waals surface area contributed by atoms with Gasteiger partial charge in [-0.3, -0.25) is 4.90 Å². The van der Waals surface area contributed by atoms with Crippen molar-refractivity contribution < 1.29 is 0 Å². The number of nitriles is 1. The Kier molecular flexibility index (Phi) is 1.41. The molecule has 0 saturated carbocycles. The Hall–Kier alpha value is -0.590. The van der Waals surface area contributed by atoms with Crippen LogP contribution in [0.2, 0.25) is 0 Å². The van der Waals surface area contributed by atoms with Crippen LogP contribution < -0.4 is 5.73 Å². The van der Waals surface area contributed by atoms with E-state index in [2.05, 4.69) is 11.0 Å². The molecule has 0 bridgehead atoms. The van der Waals surface area contributed by atoms with Gasteiger partial charge in [0.2, 0.25) is 0 Å². The molecule has 2 aliphatic rings. The first-order valence-electron chi connectivity index (χ1n) is 4.20. The second-order valence-electron chi connectivity index (χ2n) is 3.60. The van der Waals surface area contributed by atoms with Crippen LogP contribution in [0.3, 0.4) is 0 Å². The highest BCUT2D eigenvalue weighted by molar-refractivity contribution is 5.17. The number of fused-ring (bicyclic) bond motifs is 1. The van der Waals surface area contributed by atoms with Crippen LogP contribution in [0.4, 0.5) is 0 Å². The first kappa shape index (κ1) is 7.08. The summed E-state index contributed by atoms with van der Waals surface area (Å²) in [7, 11) is 0. The minimum atomic E-state index is -0.531. The van der Waals surface area contributed by atoms with E-state index in [0.717, 1.165) is 25.9 Å². The topological polar surface area (TPSA) is 53.1 Å². The molecule has 0 radical (unpaired) electrons. The molecule has 2 atom stereocenters. The molecule has 0 amide bonds. The van der Waals surface area contributed by atoms with Gasteiger partial charge >= 0.3 is 0 Å². The summed E-state index contributed by atoms with van der Waals surface area (Å²) in [5.41, 5.74) is 5.41. The Morgan fingerprint density at radius 1 is 1.55 bits per heavy atom. The van der Waals surface area contributed by atoms with Gasteiger partial charge in [0, 0.05) is 12.6 Å². The highest BCUT2D eigenvalue weighted by Crippen LogP contribution is 2.33. The summed E-state index contributed by atoms with van der Waals surface area (Å²) in [6, 6.07) is 2.60. The van der Waals surface area contributed by atoms with Crippen molar-refractivity contribution in [3.05, 3.63) is 0 Å². The summed E-state index contributed by atoms with van der Waals surface area (Å²) in [5, 5.41) is 8.87. The van der Waals surface area contributed by atoms with Crippen LogP contribution in [0.1, 0.15) is 19.3 Å². The zero-order chi connectivity index (χ0) is 7.90. The first-order valence-corrected chi connectivity index (χ1v) is 4.20. The van der Waals surface area contributed by atoms with Crippen molar-refractivity contribution >= 4 is 0 Å². The quantitative estimate of drug-likeness (QED) is 0.533. The number of rotatable bonds is 0. The molecular formula is C8H13N3. The predicted molar refractivity (Wildman–Crippen MR) is 41.7 cm³/mol. The summed E-state index contributed by atoms with van der Waals surface area (Å²) in [5.74, 6) is 0. The predicted octanol–water partition coefficient (Wildman–Crippen LogP) is 0.0756. The molecule has 2 unspecified atom stereocenters. The van der Waals surface area contributed by atoms with Crippen molar-refractivity contribution in [2.45, 2.75) is 30.8 Å². The summed E-state index contributed by atoms with van der Waals surface area (Å²) < 4.78 is 0. The fourth-order valence-corrected chi connectivity index (χ4v) is 2.30. The van der Waals surface area contributed by atoms with E-state index in [1.807, 2.05) is 0 Å². The van der Waals surface area contributed by atoms with Crippen molar-refractivity contribution in [1.82, 2.24) is 4.90 Å². The molecule has 2 fully saturated rings. The van der Waals surface area contributed by atoms with Crippen LogP contribution in [0.15, 0.2) is 0 Å². The van der Waals surface area contributed by atoms with Crippen LogP contribution in [-0.4, -0.2) is 29.6 Å². The smallest absolute Gasteiger partial charge is 0.121 e. The molecule has 2 saturated heterocycles. The van der Waals surface area contributed by atoms with Gasteiger partial charge in [-0.05, 0) is 25.8 Å². The number of hydrogen-bond acceptors (Lipinski definition) is 3. The molecule has 2 aliphatic heterocycles. The van der Waals surface area contributed by atoms with E-state index < -0.39 is 5.54 Å². The van der Waals surface area contributed by atoms with E-state index in [1.165, 1.54) is 6.42 Å². The van der Waals surface area contributed by atoms with Gasteiger partial charge in [-0.2, -0.15) is 5.26 Å². The van der Waals surface area contributed by atoms with Gasteiger partial charge in [0.25, 0.3) is 0 Å². The molecule has 2 N–H and O–H groups in total. The molecule has 3 heteroatoms. The van der Waals surface area contributed by atoms with E-state index in [-0.39, 0.29) is 0 Å². The Bertz CT molecular complexity index is 208. The maximum atomic E-state index is 8.87. The van der Waals surface area contributed by atoms with Gasteiger partial charge in [0.1, 0.15) is 5.54 Å². The molecule has 0 aromatic heterocycles. The molecule has 2 rings (SSSR count). The number of hydrogen-bond donors (Lipinski definition) is 1. The average molecular weight is 151 g/mol. The zero-order valence-corrected chi connectivity index (χ0v) is 6.58. The van der Waals surface area contributed by atoms with Gasteiger partial charge < -0.3 is 5.73 Å². The molecular weight excluding hydrogens is 138 g/mol. The third-order valence-corrected chi connectivity index (χ3v) is 2.98. The first-order chi connectivity index (χ1) is 5.26. The fourth-order valence-electron chi connectivity index (χ4n) is 2.30. The zero-order valence-electron chi connectivity index (χ0n) is 6.58. The molecule has 2 heterocycles. The Balaban J connectivity index is 2.22.